The Labute approximate surface area is 291 Å². The van der Waals surface area contributed by atoms with Crippen LogP contribution in [0.2, 0.25) is 5.02 Å². The van der Waals surface area contributed by atoms with E-state index in [1.165, 1.54) is 18.4 Å². The Balaban J connectivity index is 1.04. The van der Waals surface area contributed by atoms with Gasteiger partial charge in [0, 0.05) is 73.0 Å². The van der Waals surface area contributed by atoms with Crippen molar-refractivity contribution in [2.24, 2.45) is 0 Å². The zero-order valence-corrected chi connectivity index (χ0v) is 28.3. The quantitative estimate of drug-likeness (QED) is 0.142. The van der Waals surface area contributed by atoms with Gasteiger partial charge in [-0.2, -0.15) is 0 Å². The van der Waals surface area contributed by atoms with Crippen molar-refractivity contribution in [3.05, 3.63) is 107 Å². The summed E-state index contributed by atoms with van der Waals surface area (Å²) in [5, 5.41) is 19.6. The first-order chi connectivity index (χ1) is 24.0. The average Bonchev–Trinajstić information content (AvgIpc) is 3.78. The van der Waals surface area contributed by atoms with Gasteiger partial charge in [0.25, 0.3) is 0 Å². The van der Waals surface area contributed by atoms with Gasteiger partial charge in [-0.05, 0) is 97.9 Å². The summed E-state index contributed by atoms with van der Waals surface area (Å²) < 4.78 is 0. The summed E-state index contributed by atoms with van der Waals surface area (Å²) in [7, 11) is 0. The van der Waals surface area contributed by atoms with Crippen LogP contribution in [0.4, 0.5) is 23.0 Å². The van der Waals surface area contributed by atoms with Crippen molar-refractivity contribution in [1.82, 2.24) is 29.7 Å². The van der Waals surface area contributed by atoms with Crippen molar-refractivity contribution in [1.29, 1.82) is 0 Å². The van der Waals surface area contributed by atoms with E-state index in [1.807, 2.05) is 67.3 Å². The highest BCUT2D eigenvalue weighted by Gasteiger charge is 2.21. The largest absolute Gasteiger partial charge is 0.392 e. The predicted molar refractivity (Wildman–Crippen MR) is 198 cm³/mol. The molecule has 2 aliphatic heterocycles. The van der Waals surface area contributed by atoms with Crippen molar-refractivity contribution in [3.8, 4) is 11.1 Å². The minimum absolute atomic E-state index is 0.238. The van der Waals surface area contributed by atoms with Crippen LogP contribution in [-0.4, -0.2) is 67.1 Å². The highest BCUT2D eigenvalue weighted by molar-refractivity contribution is 6.36. The van der Waals surface area contributed by atoms with E-state index in [1.54, 1.807) is 0 Å². The molecule has 0 amide bonds. The Kier molecular flexibility index (Phi) is 8.82. The first kappa shape index (κ1) is 31.6. The molecule has 6 heterocycles. The lowest BCUT2D eigenvalue weighted by atomic mass is 9.98. The zero-order valence-electron chi connectivity index (χ0n) is 27.5. The summed E-state index contributed by atoms with van der Waals surface area (Å²) in [5.74, 6) is 1.37. The molecule has 8 rings (SSSR count). The molecule has 4 aromatic heterocycles. The normalized spacial score (nSPS) is 16.9. The van der Waals surface area contributed by atoms with Crippen molar-refractivity contribution < 1.29 is 5.11 Å². The summed E-state index contributed by atoms with van der Waals surface area (Å²) >= 11 is 7.13. The Morgan fingerprint density at radius 2 is 1.33 bits per heavy atom. The number of aromatic nitrogens is 4. The second-order valence-corrected chi connectivity index (χ2v) is 13.6. The lowest BCUT2D eigenvalue weighted by Gasteiger charge is -2.17. The van der Waals surface area contributed by atoms with Crippen LogP contribution in [0.1, 0.15) is 36.0 Å². The number of hydrogen-bond acceptors (Lipinski definition) is 9. The average molecular weight is 671 g/mol. The van der Waals surface area contributed by atoms with Crippen LogP contribution in [0.25, 0.3) is 32.9 Å². The van der Waals surface area contributed by atoms with Crippen LogP contribution >= 0.6 is 11.6 Å². The van der Waals surface area contributed by atoms with Crippen molar-refractivity contribution in [2.45, 2.75) is 45.4 Å². The number of fused-ring (bicyclic) bond motifs is 2. The molecule has 0 spiro atoms. The molecule has 3 N–H and O–H groups in total. The molecule has 2 saturated heterocycles. The number of nitrogens with zero attached hydrogens (tertiary/aromatic N) is 6. The van der Waals surface area contributed by atoms with Crippen LogP contribution in [0.5, 0.6) is 0 Å². The SMILES string of the molecule is Cc1c(Nc2nccc3cc(CN4CC[C@@H](O)C4)cnc23)cccc1-c1cccc(Nc2nccc3cc(CN4CCCC4)cnc23)c1Cl. The molecule has 2 aromatic carbocycles. The van der Waals surface area contributed by atoms with Crippen LogP contribution in [0.15, 0.2) is 85.5 Å². The summed E-state index contributed by atoms with van der Waals surface area (Å²) in [6.07, 6.45) is 10.6. The maximum absolute atomic E-state index is 9.92. The Hall–Kier alpha value is -4.67. The molecule has 248 valence electrons. The highest BCUT2D eigenvalue weighted by atomic mass is 35.5. The van der Waals surface area contributed by atoms with Gasteiger partial charge in [0.05, 0.1) is 16.8 Å². The molecular weight excluding hydrogens is 632 g/mol. The predicted octanol–water partition coefficient (Wildman–Crippen LogP) is 7.85. The molecule has 1 atom stereocenters. The topological polar surface area (TPSA) is 102 Å². The minimum Gasteiger partial charge on any atom is -0.392 e. The summed E-state index contributed by atoms with van der Waals surface area (Å²) in [4.78, 5) is 23.7. The van der Waals surface area contributed by atoms with Gasteiger partial charge in [0.1, 0.15) is 11.0 Å². The maximum Gasteiger partial charge on any atom is 0.156 e. The van der Waals surface area contributed by atoms with E-state index in [4.69, 9.17) is 21.6 Å². The number of pyridine rings is 4. The fourth-order valence-corrected chi connectivity index (χ4v) is 7.41. The van der Waals surface area contributed by atoms with E-state index in [0.717, 1.165) is 94.6 Å². The van der Waals surface area contributed by atoms with E-state index in [0.29, 0.717) is 23.2 Å². The van der Waals surface area contributed by atoms with Crippen LogP contribution < -0.4 is 10.6 Å². The number of β-amino-alcohol motifs (C(OH)–C–C–N with tert-alkyl or cyclic N) is 1. The fourth-order valence-electron chi connectivity index (χ4n) is 7.13. The fraction of sp³-hybridized carbons (Fsp3) is 0.282. The molecule has 0 bridgehead atoms. The van der Waals surface area contributed by atoms with Gasteiger partial charge in [-0.3, -0.25) is 19.8 Å². The molecular formula is C39H39ClN8O. The van der Waals surface area contributed by atoms with Gasteiger partial charge >= 0.3 is 0 Å². The molecule has 49 heavy (non-hydrogen) atoms. The smallest absolute Gasteiger partial charge is 0.156 e. The van der Waals surface area contributed by atoms with E-state index in [2.05, 4.69) is 55.5 Å². The first-order valence-corrected chi connectivity index (χ1v) is 17.4. The Morgan fingerprint density at radius 3 is 1.96 bits per heavy atom. The number of aliphatic hydroxyl groups excluding tert-OH is 1. The lowest BCUT2D eigenvalue weighted by molar-refractivity contribution is 0.175. The highest BCUT2D eigenvalue weighted by Crippen LogP contribution is 2.39. The minimum atomic E-state index is -0.238. The molecule has 0 saturated carbocycles. The number of hydrogen-bond donors (Lipinski definition) is 3. The number of nitrogens with one attached hydrogen (secondary N) is 2. The van der Waals surface area contributed by atoms with Gasteiger partial charge in [-0.1, -0.05) is 35.9 Å². The molecule has 0 unspecified atom stereocenters. The van der Waals surface area contributed by atoms with E-state index in [9.17, 15) is 5.11 Å². The summed E-state index contributed by atoms with van der Waals surface area (Å²) in [5.41, 5.74) is 8.61. The number of benzene rings is 2. The number of halogens is 1. The number of likely N-dealkylation sites (tertiary alicyclic amines) is 2. The molecule has 6 aromatic rings. The van der Waals surface area contributed by atoms with E-state index >= 15 is 0 Å². The second-order valence-electron chi connectivity index (χ2n) is 13.2. The maximum atomic E-state index is 9.92. The van der Waals surface area contributed by atoms with Gasteiger partial charge in [-0.15, -0.1) is 0 Å². The molecule has 10 heteroatoms. The van der Waals surface area contributed by atoms with E-state index in [-0.39, 0.29) is 6.10 Å². The molecule has 2 fully saturated rings. The Morgan fingerprint density at radius 1 is 0.735 bits per heavy atom. The third kappa shape index (κ3) is 6.67. The van der Waals surface area contributed by atoms with Crippen molar-refractivity contribution in [2.75, 3.05) is 36.8 Å². The monoisotopic (exact) mass is 670 g/mol. The summed E-state index contributed by atoms with van der Waals surface area (Å²) in [6, 6.07) is 20.6. The molecule has 0 radical (unpaired) electrons. The first-order valence-electron chi connectivity index (χ1n) is 17.0. The van der Waals surface area contributed by atoms with Crippen LogP contribution in [-0.2, 0) is 13.1 Å². The molecule has 9 nitrogen and oxygen atoms in total. The van der Waals surface area contributed by atoms with Crippen molar-refractivity contribution in [3.63, 3.8) is 0 Å². The van der Waals surface area contributed by atoms with Gasteiger partial charge in [-0.25, -0.2) is 9.97 Å². The second kappa shape index (κ2) is 13.7. The lowest BCUT2D eigenvalue weighted by Crippen LogP contribution is -2.21. The van der Waals surface area contributed by atoms with Gasteiger partial charge in [0.2, 0.25) is 0 Å². The van der Waals surface area contributed by atoms with Crippen molar-refractivity contribution >= 4 is 56.4 Å². The standard InChI is InChI=1S/C39H39ClN8O/c1-25-31(6-4-8-33(25)45-38-36-29(10-13-41-38)19-27(21-44-36)23-48-17-12-30(49)24-48)32-7-5-9-34(35(32)40)46-39-37-28(11-14-42-39)18-26(20-43-37)22-47-15-2-3-16-47/h4-11,13-14,18-21,30,49H,2-3,12,15-17,22-24H2,1H3,(H,41,45)(H,42,46)/t30-/m1/s1. The third-order valence-electron chi connectivity index (χ3n) is 9.70. The zero-order chi connectivity index (χ0) is 33.3. The van der Waals surface area contributed by atoms with Crippen LogP contribution in [0, 0.1) is 6.92 Å². The molecule has 0 aliphatic carbocycles. The van der Waals surface area contributed by atoms with Crippen LogP contribution in [0.3, 0.4) is 0 Å². The third-order valence-corrected chi connectivity index (χ3v) is 10.1. The van der Waals surface area contributed by atoms with E-state index < -0.39 is 0 Å². The Bertz CT molecular complexity index is 2150. The van der Waals surface area contributed by atoms with Gasteiger partial charge < -0.3 is 15.7 Å². The summed E-state index contributed by atoms with van der Waals surface area (Å²) in [6.45, 7) is 7.69. The number of aliphatic hydroxyl groups is 1. The number of anilines is 4. The number of rotatable bonds is 9. The van der Waals surface area contributed by atoms with Gasteiger partial charge in [0.15, 0.2) is 11.6 Å². The molecule has 2 aliphatic rings.